The van der Waals surface area contributed by atoms with Crippen LogP contribution in [0.2, 0.25) is 0 Å². The number of ketones is 1. The van der Waals surface area contributed by atoms with Crippen molar-refractivity contribution >= 4 is 11.5 Å². The molecule has 0 saturated heterocycles. The zero-order chi connectivity index (χ0) is 17.6. The molecular weight excluding hydrogens is 310 g/mol. The molecule has 25 heavy (non-hydrogen) atoms. The summed E-state index contributed by atoms with van der Waals surface area (Å²) in [7, 11) is 3.79. The van der Waals surface area contributed by atoms with Gasteiger partial charge in [0.25, 0.3) is 0 Å². The third-order valence-electron chi connectivity index (χ3n) is 4.78. The van der Waals surface area contributed by atoms with Crippen LogP contribution in [-0.2, 0) is 4.79 Å². The number of hydrogen-bond donors (Lipinski definition) is 1. The van der Waals surface area contributed by atoms with Crippen molar-refractivity contribution in [2.75, 3.05) is 19.1 Å². The number of hydrogen-bond acceptors (Lipinski definition) is 4. The Morgan fingerprint density at radius 2 is 1.88 bits per heavy atom. The van der Waals surface area contributed by atoms with Crippen molar-refractivity contribution in [1.82, 2.24) is 10.3 Å². The number of anilines is 1. The van der Waals surface area contributed by atoms with Gasteiger partial charge in [-0.2, -0.15) is 0 Å². The lowest BCUT2D eigenvalue weighted by atomic mass is 9.84. The standard InChI is InChI=1S/C21H27N3O/c1-23(2)16-14-21(25)20-9-6-15-24(22-20)19-12-10-18(11-13-19)17-7-4-3-5-8-17/h6,9-17,22H,3-5,7-8H2,1-2H3. The van der Waals surface area contributed by atoms with Crippen molar-refractivity contribution in [3.05, 3.63) is 66.2 Å². The third-order valence-corrected chi connectivity index (χ3v) is 4.78. The maximum Gasteiger partial charge on any atom is 0.204 e. The smallest absolute Gasteiger partial charge is 0.204 e. The third kappa shape index (κ3) is 4.53. The summed E-state index contributed by atoms with van der Waals surface area (Å²) in [5.74, 6) is 0.669. The maximum absolute atomic E-state index is 12.2. The molecule has 0 atom stereocenters. The molecule has 4 heteroatoms. The molecule has 1 heterocycles. The Kier molecular flexibility index (Phi) is 5.59. The summed E-state index contributed by atoms with van der Waals surface area (Å²) in [5, 5.41) is 1.89. The fraction of sp³-hybridized carbons (Fsp3) is 0.381. The van der Waals surface area contributed by atoms with Crippen LogP contribution >= 0.6 is 0 Å². The zero-order valence-electron chi connectivity index (χ0n) is 15.1. The number of carbonyl (C=O) groups excluding carboxylic acids is 1. The van der Waals surface area contributed by atoms with Gasteiger partial charge in [-0.05, 0) is 48.6 Å². The molecule has 0 radical (unpaired) electrons. The van der Waals surface area contributed by atoms with Gasteiger partial charge < -0.3 is 4.90 Å². The summed E-state index contributed by atoms with van der Waals surface area (Å²) >= 11 is 0. The molecule has 4 nitrogen and oxygen atoms in total. The van der Waals surface area contributed by atoms with E-state index < -0.39 is 0 Å². The van der Waals surface area contributed by atoms with Crippen molar-refractivity contribution in [3.63, 3.8) is 0 Å². The van der Waals surface area contributed by atoms with E-state index in [4.69, 9.17) is 0 Å². The van der Waals surface area contributed by atoms with Gasteiger partial charge in [-0.1, -0.05) is 31.4 Å². The average Bonchev–Trinajstić information content (AvgIpc) is 2.67. The Morgan fingerprint density at radius 3 is 2.56 bits per heavy atom. The van der Waals surface area contributed by atoms with Gasteiger partial charge in [0.15, 0.2) is 0 Å². The molecule has 1 saturated carbocycles. The fourth-order valence-corrected chi connectivity index (χ4v) is 3.37. The number of nitrogens with zero attached hydrogens (tertiary/aromatic N) is 2. The molecule has 1 aromatic carbocycles. The zero-order valence-corrected chi connectivity index (χ0v) is 15.1. The first-order chi connectivity index (χ1) is 12.1. The van der Waals surface area contributed by atoms with Crippen molar-refractivity contribution < 1.29 is 4.79 Å². The highest BCUT2D eigenvalue weighted by atomic mass is 16.1. The molecule has 0 unspecified atom stereocenters. The molecule has 0 bridgehead atoms. The molecule has 0 spiro atoms. The normalized spacial score (nSPS) is 18.2. The first-order valence-corrected chi connectivity index (χ1v) is 9.07. The topological polar surface area (TPSA) is 35.6 Å². The summed E-state index contributed by atoms with van der Waals surface area (Å²) < 4.78 is 0. The highest BCUT2D eigenvalue weighted by Gasteiger charge is 2.17. The van der Waals surface area contributed by atoms with E-state index in [0.29, 0.717) is 11.6 Å². The quantitative estimate of drug-likeness (QED) is 0.821. The molecule has 3 rings (SSSR count). The molecule has 1 aromatic rings. The molecule has 1 aliphatic heterocycles. The predicted octanol–water partition coefficient (Wildman–Crippen LogP) is 4.10. The molecule has 2 aliphatic rings. The van der Waals surface area contributed by atoms with Crippen LogP contribution in [0.5, 0.6) is 0 Å². The van der Waals surface area contributed by atoms with E-state index >= 15 is 0 Å². The van der Waals surface area contributed by atoms with Crippen LogP contribution in [0.1, 0.15) is 43.6 Å². The number of nitrogens with one attached hydrogen (secondary N) is 1. The maximum atomic E-state index is 12.2. The summed E-state index contributed by atoms with van der Waals surface area (Å²) in [4.78, 5) is 14.1. The second kappa shape index (κ2) is 8.06. The van der Waals surface area contributed by atoms with Crippen molar-refractivity contribution in [3.8, 4) is 0 Å². The minimum absolute atomic E-state index is 0.0399. The van der Waals surface area contributed by atoms with Gasteiger partial charge in [0.05, 0.1) is 5.69 Å². The van der Waals surface area contributed by atoms with Gasteiger partial charge in [0.1, 0.15) is 5.70 Å². The molecule has 132 valence electrons. The van der Waals surface area contributed by atoms with Crippen LogP contribution in [0.25, 0.3) is 0 Å². The first kappa shape index (κ1) is 17.3. The molecule has 1 N–H and O–H groups in total. The van der Waals surface area contributed by atoms with E-state index in [9.17, 15) is 4.79 Å². The Labute approximate surface area is 150 Å². The Bertz CT molecular complexity index is 680. The van der Waals surface area contributed by atoms with E-state index in [2.05, 4.69) is 29.7 Å². The van der Waals surface area contributed by atoms with Crippen LogP contribution in [0.15, 0.2) is 60.6 Å². The Balaban J connectivity index is 1.65. The fourth-order valence-electron chi connectivity index (χ4n) is 3.37. The minimum atomic E-state index is -0.0399. The van der Waals surface area contributed by atoms with E-state index in [1.54, 1.807) is 18.4 Å². The second-order valence-electron chi connectivity index (χ2n) is 6.97. The second-order valence-corrected chi connectivity index (χ2v) is 6.97. The van der Waals surface area contributed by atoms with Gasteiger partial charge in [0, 0.05) is 32.6 Å². The molecule has 1 aliphatic carbocycles. The average molecular weight is 337 g/mol. The van der Waals surface area contributed by atoms with E-state index in [-0.39, 0.29) is 5.78 Å². The summed E-state index contributed by atoms with van der Waals surface area (Å²) in [5.41, 5.74) is 6.22. The SMILES string of the molecule is CN(C)C=CC(=O)C1=CC=CN(c2ccc(C3CCCCC3)cc2)N1. The van der Waals surface area contributed by atoms with Crippen molar-refractivity contribution in [2.45, 2.75) is 38.0 Å². The van der Waals surface area contributed by atoms with Gasteiger partial charge in [-0.3, -0.25) is 15.2 Å². The Hall–Kier alpha value is -2.49. The number of benzene rings is 1. The molecule has 0 aromatic heterocycles. The molecule has 1 fully saturated rings. The lowest BCUT2D eigenvalue weighted by Crippen LogP contribution is -2.37. The monoisotopic (exact) mass is 337 g/mol. The minimum Gasteiger partial charge on any atom is -0.383 e. The summed E-state index contributed by atoms with van der Waals surface area (Å²) in [6, 6.07) is 8.72. The summed E-state index contributed by atoms with van der Waals surface area (Å²) in [6.07, 6.45) is 15.6. The van der Waals surface area contributed by atoms with Crippen LogP contribution in [0.4, 0.5) is 5.69 Å². The highest BCUT2D eigenvalue weighted by Crippen LogP contribution is 2.33. The summed E-state index contributed by atoms with van der Waals surface area (Å²) in [6.45, 7) is 0. The number of allylic oxidation sites excluding steroid dienone is 3. The van der Waals surface area contributed by atoms with E-state index in [1.165, 1.54) is 37.7 Å². The van der Waals surface area contributed by atoms with Crippen LogP contribution in [0, 0.1) is 0 Å². The number of carbonyl (C=O) groups is 1. The molecule has 0 amide bonds. The van der Waals surface area contributed by atoms with Gasteiger partial charge in [-0.25, -0.2) is 0 Å². The van der Waals surface area contributed by atoms with E-state index in [1.807, 2.05) is 36.3 Å². The highest BCUT2D eigenvalue weighted by molar-refractivity contribution is 6.04. The lowest BCUT2D eigenvalue weighted by molar-refractivity contribution is -0.111. The van der Waals surface area contributed by atoms with Crippen LogP contribution in [-0.4, -0.2) is 24.8 Å². The van der Waals surface area contributed by atoms with Crippen molar-refractivity contribution in [1.29, 1.82) is 0 Å². The van der Waals surface area contributed by atoms with Crippen LogP contribution < -0.4 is 10.4 Å². The molecular formula is C21H27N3O. The van der Waals surface area contributed by atoms with Gasteiger partial charge in [-0.15, -0.1) is 0 Å². The number of rotatable bonds is 5. The lowest BCUT2D eigenvalue weighted by Gasteiger charge is -2.27. The number of hydrazine groups is 1. The van der Waals surface area contributed by atoms with Crippen molar-refractivity contribution in [2.24, 2.45) is 0 Å². The Morgan fingerprint density at radius 1 is 1.16 bits per heavy atom. The predicted molar refractivity (Wildman–Crippen MR) is 103 cm³/mol. The largest absolute Gasteiger partial charge is 0.383 e. The first-order valence-electron chi connectivity index (χ1n) is 9.07. The van der Waals surface area contributed by atoms with Gasteiger partial charge >= 0.3 is 0 Å². The van der Waals surface area contributed by atoms with E-state index in [0.717, 1.165) is 5.69 Å². The van der Waals surface area contributed by atoms with Gasteiger partial charge in [0.2, 0.25) is 5.78 Å². The van der Waals surface area contributed by atoms with Crippen LogP contribution in [0.3, 0.4) is 0 Å².